The van der Waals surface area contributed by atoms with Gasteiger partial charge in [-0.25, -0.2) is 14.0 Å². The highest BCUT2D eigenvalue weighted by Gasteiger charge is 2.16. The molecule has 2 N–H and O–H groups in total. The average molecular weight is 292 g/mol. The highest BCUT2D eigenvalue weighted by molar-refractivity contribution is 5.86. The number of hydrogen-bond acceptors (Lipinski definition) is 3. The third kappa shape index (κ3) is 2.76. The van der Waals surface area contributed by atoms with E-state index in [9.17, 15) is 18.8 Å². The minimum absolute atomic E-state index is 0.421. The second kappa shape index (κ2) is 5.35. The van der Waals surface area contributed by atoms with Gasteiger partial charge >= 0.3 is 11.7 Å². The lowest BCUT2D eigenvalue weighted by molar-refractivity contribution is 0.0693. The molecule has 2 aromatic rings. The van der Waals surface area contributed by atoms with Gasteiger partial charge in [-0.1, -0.05) is 12.1 Å². The van der Waals surface area contributed by atoms with E-state index < -0.39 is 34.6 Å². The zero-order valence-corrected chi connectivity index (χ0v) is 11.4. The Morgan fingerprint density at radius 3 is 2.62 bits per heavy atom. The molecule has 110 valence electrons. The number of aromatic carboxylic acids is 1. The van der Waals surface area contributed by atoms with Gasteiger partial charge in [-0.3, -0.25) is 14.3 Å². The number of rotatable bonds is 3. The summed E-state index contributed by atoms with van der Waals surface area (Å²) in [7, 11) is 0. The first-order valence-corrected chi connectivity index (χ1v) is 6.16. The Hall–Kier alpha value is -2.70. The first kappa shape index (κ1) is 14.7. The number of carbonyl (C=O) groups is 1. The average Bonchev–Trinajstić information content (AvgIpc) is 2.41. The van der Waals surface area contributed by atoms with Crippen LogP contribution < -0.4 is 11.2 Å². The van der Waals surface area contributed by atoms with Crippen LogP contribution in [0.4, 0.5) is 4.39 Å². The quantitative estimate of drug-likeness (QED) is 0.891. The molecule has 0 amide bonds. The van der Waals surface area contributed by atoms with Crippen molar-refractivity contribution >= 4 is 5.97 Å². The van der Waals surface area contributed by atoms with E-state index in [0.717, 1.165) is 10.8 Å². The molecule has 0 spiro atoms. The molecule has 0 aliphatic carbocycles. The summed E-state index contributed by atoms with van der Waals surface area (Å²) in [5.74, 6) is -1.86. The van der Waals surface area contributed by atoms with Gasteiger partial charge in [0, 0.05) is 6.20 Å². The van der Waals surface area contributed by atoms with Crippen molar-refractivity contribution in [2.24, 2.45) is 0 Å². The summed E-state index contributed by atoms with van der Waals surface area (Å²) in [6.07, 6.45) is 0.964. The fourth-order valence-corrected chi connectivity index (χ4v) is 1.95. The molecule has 0 saturated carbocycles. The van der Waals surface area contributed by atoms with Gasteiger partial charge in [0.05, 0.1) is 6.04 Å². The Morgan fingerprint density at radius 2 is 2.05 bits per heavy atom. The molecule has 0 fully saturated rings. The summed E-state index contributed by atoms with van der Waals surface area (Å²) in [5, 5.41) is 8.92. The molecule has 0 aliphatic heterocycles. The maximum Gasteiger partial charge on any atom is 0.342 e. The van der Waals surface area contributed by atoms with Crippen LogP contribution in [0.1, 0.15) is 34.5 Å². The van der Waals surface area contributed by atoms with Crippen LogP contribution in [0, 0.1) is 12.7 Å². The van der Waals surface area contributed by atoms with E-state index in [1.165, 1.54) is 6.07 Å². The first-order valence-electron chi connectivity index (χ1n) is 6.16. The summed E-state index contributed by atoms with van der Waals surface area (Å²) in [4.78, 5) is 36.1. The maximum absolute atomic E-state index is 13.6. The molecule has 1 atom stereocenters. The Bertz CT molecular complexity index is 822. The minimum atomic E-state index is -1.44. The van der Waals surface area contributed by atoms with Crippen molar-refractivity contribution in [3.8, 4) is 0 Å². The molecule has 0 radical (unpaired) electrons. The molecule has 1 heterocycles. The Kier molecular flexibility index (Phi) is 3.75. The fourth-order valence-electron chi connectivity index (χ4n) is 1.95. The van der Waals surface area contributed by atoms with Crippen LogP contribution in [-0.4, -0.2) is 20.6 Å². The molecule has 6 nitrogen and oxygen atoms in total. The van der Waals surface area contributed by atoms with Gasteiger partial charge in [0.25, 0.3) is 5.56 Å². The number of aromatic amines is 1. The van der Waals surface area contributed by atoms with Crippen molar-refractivity contribution in [3.05, 3.63) is 67.7 Å². The number of aryl methyl sites for hydroxylation is 1. The number of nitrogens with one attached hydrogen (secondary N) is 1. The van der Waals surface area contributed by atoms with E-state index >= 15 is 0 Å². The van der Waals surface area contributed by atoms with Gasteiger partial charge in [0.2, 0.25) is 0 Å². The number of aromatic nitrogens is 2. The zero-order valence-electron chi connectivity index (χ0n) is 11.4. The topological polar surface area (TPSA) is 92.2 Å². The highest BCUT2D eigenvalue weighted by atomic mass is 19.1. The maximum atomic E-state index is 13.6. The molecule has 1 unspecified atom stereocenters. The van der Waals surface area contributed by atoms with Gasteiger partial charge in [-0.2, -0.15) is 0 Å². The third-order valence-corrected chi connectivity index (χ3v) is 3.29. The van der Waals surface area contributed by atoms with E-state index in [1.54, 1.807) is 26.0 Å². The zero-order chi connectivity index (χ0) is 15.7. The number of H-pyrrole nitrogens is 1. The molecule has 2 rings (SSSR count). The van der Waals surface area contributed by atoms with Crippen molar-refractivity contribution in [1.29, 1.82) is 0 Å². The number of carboxylic acid groups (broad SMARTS) is 1. The van der Waals surface area contributed by atoms with Crippen LogP contribution >= 0.6 is 0 Å². The van der Waals surface area contributed by atoms with E-state index in [0.29, 0.717) is 11.1 Å². The molecule has 0 bridgehead atoms. The molecule has 0 aliphatic rings. The van der Waals surface area contributed by atoms with E-state index in [-0.39, 0.29) is 0 Å². The third-order valence-electron chi connectivity index (χ3n) is 3.29. The number of benzene rings is 1. The number of halogens is 1. The fraction of sp³-hybridized carbons (Fsp3) is 0.214. The Balaban J connectivity index is 2.57. The molecule has 21 heavy (non-hydrogen) atoms. The lowest BCUT2D eigenvalue weighted by Crippen LogP contribution is -2.35. The van der Waals surface area contributed by atoms with Gasteiger partial charge < -0.3 is 5.11 Å². The first-order chi connectivity index (χ1) is 9.81. The molecular formula is C14H13FN2O4. The van der Waals surface area contributed by atoms with Gasteiger partial charge in [-0.05, 0) is 31.0 Å². The van der Waals surface area contributed by atoms with Crippen molar-refractivity contribution in [1.82, 2.24) is 9.55 Å². The second-order valence-electron chi connectivity index (χ2n) is 4.70. The summed E-state index contributed by atoms with van der Waals surface area (Å²) in [6, 6.07) is 3.86. The Labute approximate surface area is 118 Å². The van der Waals surface area contributed by atoms with E-state index in [2.05, 4.69) is 0 Å². The predicted octanol–water partition coefficient (Wildman–Crippen LogP) is 1.29. The number of nitrogens with zero attached hydrogens (tertiary/aromatic N) is 1. The van der Waals surface area contributed by atoms with Crippen LogP contribution in [0.3, 0.4) is 0 Å². The monoisotopic (exact) mass is 292 g/mol. The normalized spacial score (nSPS) is 12.1. The van der Waals surface area contributed by atoms with Crippen molar-refractivity contribution in [2.45, 2.75) is 19.9 Å². The molecule has 1 aromatic heterocycles. The lowest BCUT2D eigenvalue weighted by Gasteiger charge is -2.16. The van der Waals surface area contributed by atoms with E-state index in [1.807, 2.05) is 4.98 Å². The molecule has 1 aromatic carbocycles. The summed E-state index contributed by atoms with van der Waals surface area (Å²) < 4.78 is 14.6. The van der Waals surface area contributed by atoms with E-state index in [4.69, 9.17) is 5.11 Å². The SMILES string of the molecule is Cc1ccc(C(C)n2cc(C(=O)O)c(=O)[nH]c2=O)cc1F. The minimum Gasteiger partial charge on any atom is -0.477 e. The predicted molar refractivity (Wildman–Crippen MR) is 73.2 cm³/mol. The van der Waals surface area contributed by atoms with Crippen molar-refractivity contribution in [3.63, 3.8) is 0 Å². The highest BCUT2D eigenvalue weighted by Crippen LogP contribution is 2.18. The summed E-state index contributed by atoms with van der Waals surface area (Å²) in [6.45, 7) is 3.22. The smallest absolute Gasteiger partial charge is 0.342 e. The summed E-state index contributed by atoms with van der Waals surface area (Å²) in [5.41, 5.74) is -1.31. The van der Waals surface area contributed by atoms with Crippen LogP contribution in [0.2, 0.25) is 0 Å². The van der Waals surface area contributed by atoms with Crippen LogP contribution in [0.25, 0.3) is 0 Å². The molecule has 0 saturated heterocycles. The van der Waals surface area contributed by atoms with Crippen LogP contribution in [0.5, 0.6) is 0 Å². The summed E-state index contributed by atoms with van der Waals surface area (Å²) >= 11 is 0. The standard InChI is InChI=1S/C14H13FN2O4/c1-7-3-4-9(5-11(7)15)8(2)17-6-10(13(19)20)12(18)16-14(17)21/h3-6,8H,1-2H3,(H,19,20)(H,16,18,21). The lowest BCUT2D eigenvalue weighted by atomic mass is 10.1. The number of carboxylic acids is 1. The Morgan fingerprint density at radius 1 is 1.38 bits per heavy atom. The van der Waals surface area contributed by atoms with Crippen molar-refractivity contribution in [2.75, 3.05) is 0 Å². The van der Waals surface area contributed by atoms with Crippen molar-refractivity contribution < 1.29 is 14.3 Å². The second-order valence-corrected chi connectivity index (χ2v) is 4.70. The van der Waals surface area contributed by atoms with Crippen LogP contribution in [0.15, 0.2) is 34.0 Å². The van der Waals surface area contributed by atoms with Gasteiger partial charge in [0.15, 0.2) is 0 Å². The molecular weight excluding hydrogens is 279 g/mol. The van der Waals surface area contributed by atoms with Crippen LogP contribution in [-0.2, 0) is 0 Å². The number of hydrogen-bond donors (Lipinski definition) is 2. The molecule has 7 heteroatoms. The van der Waals surface area contributed by atoms with Gasteiger partial charge in [0.1, 0.15) is 11.4 Å². The largest absolute Gasteiger partial charge is 0.477 e. The van der Waals surface area contributed by atoms with Gasteiger partial charge in [-0.15, -0.1) is 0 Å².